The average molecular weight is 274 g/mol. The Morgan fingerprint density at radius 1 is 1.68 bits per heavy atom. The van der Waals surface area contributed by atoms with Gasteiger partial charge >= 0.3 is 0 Å². The monoisotopic (exact) mass is 274 g/mol. The van der Waals surface area contributed by atoms with Gasteiger partial charge in [-0.2, -0.15) is 5.10 Å². The Labute approximate surface area is 117 Å². The molecule has 0 saturated heterocycles. The SMILES string of the molecule is C=CCc1ccsc1C=C(C)C1=NNC(=O)CC1C. The van der Waals surface area contributed by atoms with Crippen LogP contribution in [0.3, 0.4) is 0 Å². The van der Waals surface area contributed by atoms with Crippen molar-refractivity contribution in [1.82, 2.24) is 5.43 Å². The van der Waals surface area contributed by atoms with Crippen LogP contribution >= 0.6 is 11.3 Å². The van der Waals surface area contributed by atoms with Crippen LogP contribution in [0.15, 0.2) is 34.8 Å². The van der Waals surface area contributed by atoms with Crippen LogP contribution in [0, 0.1) is 5.92 Å². The molecule has 4 heteroatoms. The third-order valence-corrected chi connectivity index (χ3v) is 4.06. The molecule has 1 aliphatic heterocycles. The number of carbonyl (C=O) groups excluding carboxylic acids is 1. The molecule has 2 heterocycles. The molecule has 0 bridgehead atoms. The number of carbonyl (C=O) groups is 1. The maximum atomic E-state index is 11.3. The number of amides is 1. The van der Waals surface area contributed by atoms with Crippen molar-refractivity contribution in [2.24, 2.45) is 11.0 Å². The molecular weight excluding hydrogens is 256 g/mol. The lowest BCUT2D eigenvalue weighted by Crippen LogP contribution is -2.31. The maximum absolute atomic E-state index is 11.3. The fraction of sp³-hybridized carbons (Fsp3) is 0.333. The first-order valence-corrected chi connectivity index (χ1v) is 7.22. The van der Waals surface area contributed by atoms with Gasteiger partial charge in [0.05, 0.1) is 5.71 Å². The van der Waals surface area contributed by atoms with E-state index in [2.05, 4.69) is 34.6 Å². The summed E-state index contributed by atoms with van der Waals surface area (Å²) in [5.74, 6) is 0.167. The van der Waals surface area contributed by atoms with Gasteiger partial charge in [0.2, 0.25) is 5.91 Å². The van der Waals surface area contributed by atoms with Crippen LogP contribution in [0.4, 0.5) is 0 Å². The van der Waals surface area contributed by atoms with E-state index < -0.39 is 0 Å². The van der Waals surface area contributed by atoms with Gasteiger partial charge in [-0.25, -0.2) is 5.43 Å². The van der Waals surface area contributed by atoms with Crippen molar-refractivity contribution in [3.8, 4) is 0 Å². The highest BCUT2D eigenvalue weighted by Crippen LogP contribution is 2.23. The molecule has 0 saturated carbocycles. The first-order chi connectivity index (χ1) is 9.11. The Balaban J connectivity index is 2.25. The third-order valence-electron chi connectivity index (χ3n) is 3.16. The number of allylic oxidation sites excluding steroid dienone is 2. The minimum atomic E-state index is -0.00693. The van der Waals surface area contributed by atoms with Gasteiger partial charge in [-0.05, 0) is 42.0 Å². The summed E-state index contributed by atoms with van der Waals surface area (Å²) in [6.07, 6.45) is 5.45. The molecule has 0 aromatic carbocycles. The van der Waals surface area contributed by atoms with Crippen LogP contribution in [0.2, 0.25) is 0 Å². The molecule has 1 unspecified atom stereocenters. The van der Waals surface area contributed by atoms with E-state index in [1.165, 1.54) is 10.4 Å². The zero-order chi connectivity index (χ0) is 13.8. The zero-order valence-corrected chi connectivity index (χ0v) is 12.1. The largest absolute Gasteiger partial charge is 0.273 e. The molecule has 0 radical (unpaired) electrons. The molecule has 1 aromatic rings. The van der Waals surface area contributed by atoms with E-state index in [-0.39, 0.29) is 11.8 Å². The van der Waals surface area contributed by atoms with Gasteiger partial charge in [-0.1, -0.05) is 13.0 Å². The third kappa shape index (κ3) is 3.20. The highest BCUT2D eigenvalue weighted by Gasteiger charge is 2.21. The number of hydrazone groups is 1. The molecule has 1 aromatic heterocycles. The van der Waals surface area contributed by atoms with Crippen molar-refractivity contribution in [2.45, 2.75) is 26.7 Å². The molecule has 0 fully saturated rings. The van der Waals surface area contributed by atoms with Gasteiger partial charge in [0, 0.05) is 17.2 Å². The van der Waals surface area contributed by atoms with Gasteiger partial charge in [0.25, 0.3) is 0 Å². The summed E-state index contributed by atoms with van der Waals surface area (Å²) in [7, 11) is 0. The Hall–Kier alpha value is -1.68. The highest BCUT2D eigenvalue weighted by atomic mass is 32.1. The van der Waals surface area contributed by atoms with E-state index in [1.54, 1.807) is 11.3 Å². The lowest BCUT2D eigenvalue weighted by Gasteiger charge is -2.19. The van der Waals surface area contributed by atoms with Gasteiger partial charge in [0.15, 0.2) is 0 Å². The summed E-state index contributed by atoms with van der Waals surface area (Å²) in [6, 6.07) is 2.12. The van der Waals surface area contributed by atoms with E-state index in [9.17, 15) is 4.79 Å². The summed E-state index contributed by atoms with van der Waals surface area (Å²) in [6.45, 7) is 7.86. The molecule has 2 rings (SSSR count). The van der Waals surface area contributed by atoms with E-state index >= 15 is 0 Å². The van der Waals surface area contributed by atoms with Crippen molar-refractivity contribution in [2.75, 3.05) is 0 Å². The molecule has 1 amide bonds. The van der Waals surface area contributed by atoms with E-state index in [0.717, 1.165) is 17.7 Å². The minimum absolute atomic E-state index is 0.00693. The van der Waals surface area contributed by atoms with Crippen molar-refractivity contribution in [3.05, 3.63) is 40.1 Å². The second-order valence-corrected chi connectivity index (χ2v) is 5.72. The maximum Gasteiger partial charge on any atom is 0.240 e. The summed E-state index contributed by atoms with van der Waals surface area (Å²) in [5, 5.41) is 6.27. The number of rotatable bonds is 4. The Bertz CT molecular complexity index is 554. The number of nitrogens with zero attached hydrogens (tertiary/aromatic N) is 1. The predicted octanol–water partition coefficient (Wildman–Crippen LogP) is 3.39. The summed E-state index contributed by atoms with van der Waals surface area (Å²) in [4.78, 5) is 12.5. The van der Waals surface area contributed by atoms with Crippen LogP contribution in [0.25, 0.3) is 6.08 Å². The Morgan fingerprint density at radius 3 is 3.16 bits per heavy atom. The van der Waals surface area contributed by atoms with Crippen LogP contribution < -0.4 is 5.43 Å². The van der Waals surface area contributed by atoms with E-state index in [1.807, 2.05) is 19.9 Å². The number of thiophene rings is 1. The van der Waals surface area contributed by atoms with Crippen LogP contribution in [0.1, 0.15) is 30.7 Å². The zero-order valence-electron chi connectivity index (χ0n) is 11.3. The average Bonchev–Trinajstić information content (AvgIpc) is 2.77. The fourth-order valence-electron chi connectivity index (χ4n) is 2.20. The normalized spacial score (nSPS) is 19.9. The Morgan fingerprint density at radius 2 is 2.47 bits per heavy atom. The second kappa shape index (κ2) is 5.97. The molecule has 1 N–H and O–H groups in total. The van der Waals surface area contributed by atoms with Gasteiger partial charge in [0.1, 0.15) is 0 Å². The van der Waals surface area contributed by atoms with Crippen LogP contribution in [-0.4, -0.2) is 11.6 Å². The van der Waals surface area contributed by atoms with E-state index in [4.69, 9.17) is 0 Å². The first kappa shape index (κ1) is 13.7. The van der Waals surface area contributed by atoms with Crippen molar-refractivity contribution >= 4 is 29.0 Å². The fourth-order valence-corrected chi connectivity index (χ4v) is 3.13. The number of hydrogen-bond acceptors (Lipinski definition) is 3. The lowest BCUT2D eigenvalue weighted by molar-refractivity contribution is -0.121. The number of hydrogen-bond donors (Lipinski definition) is 1. The molecule has 1 atom stereocenters. The standard InChI is InChI=1S/C15H18N2OS/c1-4-5-12-6-7-19-13(12)8-10(2)15-11(3)9-14(18)16-17-15/h4,6-8,11H,1,5,9H2,2-3H3,(H,16,18). The topological polar surface area (TPSA) is 41.5 Å². The molecule has 19 heavy (non-hydrogen) atoms. The number of nitrogens with one attached hydrogen (secondary N) is 1. The van der Waals surface area contributed by atoms with Crippen molar-refractivity contribution in [3.63, 3.8) is 0 Å². The lowest BCUT2D eigenvalue weighted by atomic mass is 9.94. The molecular formula is C15H18N2OS. The summed E-state index contributed by atoms with van der Waals surface area (Å²) in [5.41, 5.74) is 5.92. The van der Waals surface area contributed by atoms with Crippen LogP contribution in [-0.2, 0) is 11.2 Å². The van der Waals surface area contributed by atoms with Crippen molar-refractivity contribution < 1.29 is 4.79 Å². The summed E-state index contributed by atoms with van der Waals surface area (Å²) < 4.78 is 0. The predicted molar refractivity (Wildman–Crippen MR) is 81.2 cm³/mol. The van der Waals surface area contributed by atoms with Gasteiger partial charge in [-0.15, -0.1) is 17.9 Å². The molecule has 100 valence electrons. The smallest absolute Gasteiger partial charge is 0.240 e. The van der Waals surface area contributed by atoms with Crippen molar-refractivity contribution in [1.29, 1.82) is 0 Å². The van der Waals surface area contributed by atoms with Gasteiger partial charge in [-0.3, -0.25) is 4.79 Å². The second-order valence-electron chi connectivity index (χ2n) is 4.77. The molecule has 1 aliphatic rings. The van der Waals surface area contributed by atoms with Gasteiger partial charge < -0.3 is 0 Å². The Kier molecular flexibility index (Phi) is 4.32. The van der Waals surface area contributed by atoms with E-state index in [0.29, 0.717) is 6.42 Å². The summed E-state index contributed by atoms with van der Waals surface area (Å²) >= 11 is 1.72. The minimum Gasteiger partial charge on any atom is -0.273 e. The molecule has 0 spiro atoms. The van der Waals surface area contributed by atoms with Crippen LogP contribution in [0.5, 0.6) is 0 Å². The quantitative estimate of drug-likeness (QED) is 0.840. The molecule has 3 nitrogen and oxygen atoms in total. The first-order valence-electron chi connectivity index (χ1n) is 6.34. The molecule has 0 aliphatic carbocycles. The highest BCUT2D eigenvalue weighted by molar-refractivity contribution is 7.11.